The van der Waals surface area contributed by atoms with Crippen LogP contribution in [-0.2, 0) is 17.5 Å². The van der Waals surface area contributed by atoms with E-state index in [0.29, 0.717) is 40.4 Å². The first-order valence-electron chi connectivity index (χ1n) is 9.28. The van der Waals surface area contributed by atoms with Crippen molar-refractivity contribution in [3.05, 3.63) is 53.6 Å². The molecule has 9 heteroatoms. The Kier molecular flexibility index (Phi) is 6.37. The van der Waals surface area contributed by atoms with Gasteiger partial charge >= 0.3 is 6.18 Å². The summed E-state index contributed by atoms with van der Waals surface area (Å²) in [4.78, 5) is 17.1. The average Bonchev–Trinajstić information content (AvgIpc) is 3.04. The molecule has 0 radical (unpaired) electrons. The number of imidazole rings is 1. The maximum Gasteiger partial charge on any atom is 0.416 e. The number of fused-ring (bicyclic) bond motifs is 1. The Labute approximate surface area is 175 Å². The summed E-state index contributed by atoms with van der Waals surface area (Å²) in [7, 11) is 0. The largest absolute Gasteiger partial charge is 0.416 e. The number of alkyl halides is 3. The summed E-state index contributed by atoms with van der Waals surface area (Å²) in [5, 5.41) is 11.8. The SMILES string of the molecule is CCCn1c(S[C@H](C)C(=O)Nc2ccccc2C#N)nc2ccc(C(F)(F)F)cc21. The number of nitriles is 1. The summed E-state index contributed by atoms with van der Waals surface area (Å²) in [5.41, 5.74) is 0.857. The van der Waals surface area contributed by atoms with Crippen molar-refractivity contribution in [2.24, 2.45) is 0 Å². The molecule has 5 nitrogen and oxygen atoms in total. The minimum absolute atomic E-state index is 0.325. The second-order valence-corrected chi connectivity index (χ2v) is 7.96. The Hall–Kier alpha value is -2.99. The monoisotopic (exact) mass is 432 g/mol. The Balaban J connectivity index is 1.87. The van der Waals surface area contributed by atoms with Gasteiger partial charge in [-0.15, -0.1) is 0 Å². The molecule has 0 fully saturated rings. The second-order valence-electron chi connectivity index (χ2n) is 6.65. The van der Waals surface area contributed by atoms with Gasteiger partial charge in [0.1, 0.15) is 6.07 Å². The summed E-state index contributed by atoms with van der Waals surface area (Å²) in [6, 6.07) is 12.1. The topological polar surface area (TPSA) is 70.7 Å². The molecule has 30 heavy (non-hydrogen) atoms. The Morgan fingerprint density at radius 1 is 1.30 bits per heavy atom. The number of rotatable bonds is 6. The summed E-state index contributed by atoms with van der Waals surface area (Å²) < 4.78 is 41.1. The molecular formula is C21H19F3N4OS. The number of aryl methyl sites for hydroxylation is 1. The van der Waals surface area contributed by atoms with Gasteiger partial charge < -0.3 is 9.88 Å². The molecule has 1 heterocycles. The number of nitrogens with zero attached hydrogens (tertiary/aromatic N) is 3. The molecule has 0 saturated carbocycles. The van der Waals surface area contributed by atoms with Crippen molar-refractivity contribution in [1.82, 2.24) is 9.55 Å². The number of carbonyl (C=O) groups is 1. The van der Waals surface area contributed by atoms with Crippen LogP contribution in [0.15, 0.2) is 47.6 Å². The van der Waals surface area contributed by atoms with Crippen molar-refractivity contribution >= 4 is 34.4 Å². The first kappa shape index (κ1) is 21.7. The highest BCUT2D eigenvalue weighted by Gasteiger charge is 2.31. The molecule has 0 saturated heterocycles. The number of amides is 1. The van der Waals surface area contributed by atoms with E-state index in [0.717, 1.165) is 12.1 Å². The van der Waals surface area contributed by atoms with Crippen molar-refractivity contribution < 1.29 is 18.0 Å². The lowest BCUT2D eigenvalue weighted by atomic mass is 10.2. The van der Waals surface area contributed by atoms with Crippen LogP contribution >= 0.6 is 11.8 Å². The van der Waals surface area contributed by atoms with Gasteiger partial charge in [-0.25, -0.2) is 4.98 Å². The maximum atomic E-state index is 13.1. The predicted octanol–water partition coefficient (Wildman–Crippen LogP) is 5.46. The molecule has 2 aromatic carbocycles. The Bertz CT molecular complexity index is 1120. The Morgan fingerprint density at radius 2 is 2.03 bits per heavy atom. The third-order valence-electron chi connectivity index (χ3n) is 4.44. The third kappa shape index (κ3) is 4.60. The molecule has 0 unspecified atom stereocenters. The molecule has 1 atom stereocenters. The number of hydrogen-bond acceptors (Lipinski definition) is 4. The van der Waals surface area contributed by atoms with E-state index in [4.69, 9.17) is 5.26 Å². The number of nitrogens with one attached hydrogen (secondary N) is 1. The lowest BCUT2D eigenvalue weighted by Crippen LogP contribution is -2.23. The predicted molar refractivity (Wildman–Crippen MR) is 110 cm³/mol. The number of benzene rings is 2. The van der Waals surface area contributed by atoms with Crippen LogP contribution in [-0.4, -0.2) is 20.7 Å². The summed E-state index contributed by atoms with van der Waals surface area (Å²) in [5.74, 6) is -0.325. The highest BCUT2D eigenvalue weighted by atomic mass is 32.2. The number of aromatic nitrogens is 2. The number of thioether (sulfide) groups is 1. The number of anilines is 1. The third-order valence-corrected chi connectivity index (χ3v) is 5.53. The lowest BCUT2D eigenvalue weighted by Gasteiger charge is -2.14. The molecule has 0 bridgehead atoms. The molecule has 0 aliphatic heterocycles. The van der Waals surface area contributed by atoms with Gasteiger partial charge in [-0.1, -0.05) is 30.8 Å². The zero-order chi connectivity index (χ0) is 21.9. The van der Waals surface area contributed by atoms with Gasteiger partial charge in [0.2, 0.25) is 5.91 Å². The standard InChI is InChI=1S/C21H19F3N4OS/c1-3-10-28-18-11-15(21(22,23)24)8-9-17(18)27-20(28)30-13(2)19(29)26-16-7-5-4-6-14(16)12-25/h4-9,11,13H,3,10H2,1-2H3,(H,26,29)/t13-/m1/s1. The van der Waals surface area contributed by atoms with Gasteiger partial charge in [0.15, 0.2) is 5.16 Å². The molecule has 1 aromatic heterocycles. The van der Waals surface area contributed by atoms with Crippen molar-refractivity contribution in [3.8, 4) is 6.07 Å². The van der Waals surface area contributed by atoms with Crippen LogP contribution in [0, 0.1) is 11.3 Å². The summed E-state index contributed by atoms with van der Waals surface area (Å²) in [6.45, 7) is 4.08. The normalized spacial score (nSPS) is 12.5. The van der Waals surface area contributed by atoms with Gasteiger partial charge in [-0.2, -0.15) is 18.4 Å². The van der Waals surface area contributed by atoms with E-state index in [1.54, 1.807) is 35.8 Å². The van der Waals surface area contributed by atoms with E-state index in [2.05, 4.69) is 10.3 Å². The highest BCUT2D eigenvalue weighted by Crippen LogP contribution is 2.34. The number of hydrogen-bond donors (Lipinski definition) is 1. The fraction of sp³-hybridized carbons (Fsp3) is 0.286. The first-order valence-corrected chi connectivity index (χ1v) is 10.2. The zero-order valence-electron chi connectivity index (χ0n) is 16.3. The molecule has 1 N–H and O–H groups in total. The fourth-order valence-electron chi connectivity index (χ4n) is 2.94. The van der Waals surface area contributed by atoms with Crippen LogP contribution in [0.4, 0.5) is 18.9 Å². The molecular weight excluding hydrogens is 413 g/mol. The van der Waals surface area contributed by atoms with Crippen molar-refractivity contribution in [2.75, 3.05) is 5.32 Å². The van der Waals surface area contributed by atoms with Crippen LogP contribution in [0.25, 0.3) is 11.0 Å². The lowest BCUT2D eigenvalue weighted by molar-refractivity contribution is -0.137. The first-order chi connectivity index (χ1) is 14.2. The molecule has 3 rings (SSSR count). The van der Waals surface area contributed by atoms with Crippen molar-refractivity contribution in [2.45, 2.75) is 43.4 Å². The van der Waals surface area contributed by atoms with Crippen LogP contribution in [0.5, 0.6) is 0 Å². The van der Waals surface area contributed by atoms with Crippen LogP contribution in [0.1, 0.15) is 31.4 Å². The van der Waals surface area contributed by atoms with Gasteiger partial charge in [0.05, 0.1) is 33.1 Å². The highest BCUT2D eigenvalue weighted by molar-refractivity contribution is 8.00. The zero-order valence-corrected chi connectivity index (χ0v) is 17.1. The average molecular weight is 432 g/mol. The minimum atomic E-state index is -4.44. The van der Waals surface area contributed by atoms with Gasteiger partial charge in [0.25, 0.3) is 0 Å². The fourth-order valence-corrected chi connectivity index (χ4v) is 3.89. The quantitative estimate of drug-likeness (QED) is 0.526. The number of para-hydroxylation sites is 1. The maximum absolute atomic E-state index is 13.1. The smallest absolute Gasteiger partial charge is 0.324 e. The van der Waals surface area contributed by atoms with Gasteiger partial charge in [-0.3, -0.25) is 4.79 Å². The van der Waals surface area contributed by atoms with E-state index in [1.165, 1.54) is 17.8 Å². The molecule has 1 amide bonds. The summed E-state index contributed by atoms with van der Waals surface area (Å²) >= 11 is 1.17. The van der Waals surface area contributed by atoms with Gasteiger partial charge in [0, 0.05) is 6.54 Å². The van der Waals surface area contributed by atoms with E-state index in [1.807, 2.05) is 13.0 Å². The van der Waals surface area contributed by atoms with E-state index in [-0.39, 0.29) is 5.91 Å². The summed E-state index contributed by atoms with van der Waals surface area (Å²) in [6.07, 6.45) is -3.74. The van der Waals surface area contributed by atoms with E-state index in [9.17, 15) is 18.0 Å². The van der Waals surface area contributed by atoms with Crippen LogP contribution in [0.2, 0.25) is 0 Å². The van der Waals surface area contributed by atoms with Crippen molar-refractivity contribution in [1.29, 1.82) is 5.26 Å². The molecule has 0 spiro atoms. The molecule has 0 aliphatic carbocycles. The second kappa shape index (κ2) is 8.79. The van der Waals surface area contributed by atoms with Crippen LogP contribution in [0.3, 0.4) is 0 Å². The minimum Gasteiger partial charge on any atom is -0.324 e. The number of halogens is 3. The van der Waals surface area contributed by atoms with E-state index < -0.39 is 17.0 Å². The molecule has 0 aliphatic rings. The molecule has 156 valence electrons. The molecule has 3 aromatic rings. The van der Waals surface area contributed by atoms with Crippen molar-refractivity contribution in [3.63, 3.8) is 0 Å². The van der Waals surface area contributed by atoms with Crippen LogP contribution < -0.4 is 5.32 Å². The van der Waals surface area contributed by atoms with E-state index >= 15 is 0 Å². The number of carbonyl (C=O) groups excluding carboxylic acids is 1. The Morgan fingerprint density at radius 3 is 2.70 bits per heavy atom. The van der Waals surface area contributed by atoms with Gasteiger partial charge in [-0.05, 0) is 43.7 Å².